The number of anilines is 1. The normalized spacial score (nSPS) is 19.4. The van der Waals surface area contributed by atoms with Crippen molar-refractivity contribution < 1.29 is 14.3 Å². The minimum absolute atomic E-state index is 0.114. The summed E-state index contributed by atoms with van der Waals surface area (Å²) in [6, 6.07) is 14.0. The van der Waals surface area contributed by atoms with E-state index in [1.165, 1.54) is 10.5 Å². The van der Waals surface area contributed by atoms with Crippen LogP contribution in [0.15, 0.2) is 42.5 Å². The Kier molecular flexibility index (Phi) is 7.01. The summed E-state index contributed by atoms with van der Waals surface area (Å²) in [5, 5.41) is 3.55. The molecule has 0 saturated carbocycles. The van der Waals surface area contributed by atoms with Gasteiger partial charge in [0, 0.05) is 31.2 Å². The van der Waals surface area contributed by atoms with Crippen LogP contribution >= 0.6 is 11.6 Å². The number of amides is 2. The predicted octanol–water partition coefficient (Wildman–Crippen LogP) is 3.91. The molecule has 2 aliphatic rings. The summed E-state index contributed by atoms with van der Waals surface area (Å²) in [6.45, 7) is 4.70. The third-order valence-corrected chi connectivity index (χ3v) is 6.54. The lowest BCUT2D eigenvalue weighted by Gasteiger charge is -2.33. The first kappa shape index (κ1) is 22.6. The number of fused-ring (bicyclic) bond motifs is 1. The van der Waals surface area contributed by atoms with Crippen LogP contribution in [0.5, 0.6) is 5.75 Å². The van der Waals surface area contributed by atoms with Gasteiger partial charge in [0.1, 0.15) is 0 Å². The molecule has 1 fully saturated rings. The number of piperidine rings is 1. The Hall–Kier alpha value is -2.57. The van der Waals surface area contributed by atoms with Crippen molar-refractivity contribution in [2.45, 2.75) is 44.8 Å². The SMILES string of the molecule is CC1Oc2c(C(=O)NC3CCN(CCCc4ccccc4)CC3)cc(Cl)cc2N(C)C1=O. The number of carbonyl (C=O) groups excluding carboxylic acids is 2. The molecule has 2 heterocycles. The van der Waals surface area contributed by atoms with Gasteiger partial charge in [-0.25, -0.2) is 0 Å². The minimum atomic E-state index is -0.639. The van der Waals surface area contributed by atoms with E-state index in [0.29, 0.717) is 22.0 Å². The van der Waals surface area contributed by atoms with Crippen LogP contribution in [0.2, 0.25) is 5.02 Å². The van der Waals surface area contributed by atoms with E-state index < -0.39 is 6.10 Å². The van der Waals surface area contributed by atoms with Gasteiger partial charge in [-0.1, -0.05) is 41.9 Å². The van der Waals surface area contributed by atoms with E-state index in [1.807, 2.05) is 6.07 Å². The summed E-state index contributed by atoms with van der Waals surface area (Å²) in [7, 11) is 1.67. The molecule has 2 aromatic rings. The van der Waals surface area contributed by atoms with Crippen molar-refractivity contribution in [2.24, 2.45) is 0 Å². The van der Waals surface area contributed by atoms with Crippen LogP contribution in [0.4, 0.5) is 5.69 Å². The lowest BCUT2D eigenvalue weighted by atomic mass is 10.0. The molecule has 2 aliphatic heterocycles. The standard InChI is InChI=1S/C25H30ClN3O3/c1-17-25(31)28(2)22-16-19(26)15-21(23(22)32-17)24(30)27-20-10-13-29(14-11-20)12-6-9-18-7-4-3-5-8-18/h3-5,7-8,15-17,20H,6,9-14H2,1-2H3,(H,27,30). The van der Waals surface area contributed by atoms with E-state index >= 15 is 0 Å². The molecule has 32 heavy (non-hydrogen) atoms. The minimum Gasteiger partial charge on any atom is -0.478 e. The van der Waals surface area contributed by atoms with E-state index in [1.54, 1.807) is 26.1 Å². The smallest absolute Gasteiger partial charge is 0.267 e. The van der Waals surface area contributed by atoms with Gasteiger partial charge in [-0.2, -0.15) is 0 Å². The lowest BCUT2D eigenvalue weighted by molar-refractivity contribution is -0.125. The molecule has 2 aromatic carbocycles. The largest absolute Gasteiger partial charge is 0.478 e. The molecule has 0 aromatic heterocycles. The molecule has 2 amide bonds. The molecular weight excluding hydrogens is 426 g/mol. The Morgan fingerprint density at radius 3 is 2.62 bits per heavy atom. The van der Waals surface area contributed by atoms with Crippen LogP contribution in [0.1, 0.15) is 42.1 Å². The Morgan fingerprint density at radius 2 is 1.91 bits per heavy atom. The zero-order valence-electron chi connectivity index (χ0n) is 18.6. The molecular formula is C25H30ClN3O3. The van der Waals surface area contributed by atoms with Crippen molar-refractivity contribution in [3.05, 3.63) is 58.6 Å². The van der Waals surface area contributed by atoms with Gasteiger partial charge < -0.3 is 19.9 Å². The van der Waals surface area contributed by atoms with Gasteiger partial charge >= 0.3 is 0 Å². The quantitative estimate of drug-likeness (QED) is 0.717. The topological polar surface area (TPSA) is 61.9 Å². The summed E-state index contributed by atoms with van der Waals surface area (Å²) in [4.78, 5) is 29.3. The average Bonchev–Trinajstić information content (AvgIpc) is 2.79. The number of ether oxygens (including phenoxy) is 1. The fourth-order valence-corrected chi connectivity index (χ4v) is 4.67. The number of benzene rings is 2. The molecule has 1 N–H and O–H groups in total. The second-order valence-corrected chi connectivity index (χ2v) is 9.07. The molecule has 0 bridgehead atoms. The highest BCUT2D eigenvalue weighted by Gasteiger charge is 2.33. The third-order valence-electron chi connectivity index (χ3n) is 6.32. The van der Waals surface area contributed by atoms with Crippen LogP contribution in [0.3, 0.4) is 0 Å². The number of nitrogens with zero attached hydrogens (tertiary/aromatic N) is 2. The average molecular weight is 456 g/mol. The van der Waals surface area contributed by atoms with Crippen molar-refractivity contribution in [1.29, 1.82) is 0 Å². The molecule has 0 aliphatic carbocycles. The van der Waals surface area contributed by atoms with Crippen molar-refractivity contribution in [3.63, 3.8) is 0 Å². The van der Waals surface area contributed by atoms with Gasteiger partial charge in [-0.05, 0) is 56.8 Å². The molecule has 1 atom stereocenters. The molecule has 1 unspecified atom stereocenters. The Morgan fingerprint density at radius 1 is 1.19 bits per heavy atom. The number of carbonyl (C=O) groups is 2. The predicted molar refractivity (Wildman–Crippen MR) is 127 cm³/mol. The van der Waals surface area contributed by atoms with Gasteiger partial charge in [-0.15, -0.1) is 0 Å². The van der Waals surface area contributed by atoms with Crippen LogP contribution in [0, 0.1) is 0 Å². The van der Waals surface area contributed by atoms with Crippen molar-refractivity contribution in [3.8, 4) is 5.75 Å². The van der Waals surface area contributed by atoms with Crippen LogP contribution in [0.25, 0.3) is 0 Å². The number of rotatable bonds is 6. The molecule has 6 nitrogen and oxygen atoms in total. The molecule has 0 radical (unpaired) electrons. The first-order valence-electron chi connectivity index (χ1n) is 11.3. The maximum atomic E-state index is 13.1. The van der Waals surface area contributed by atoms with Gasteiger partial charge in [0.05, 0.1) is 11.3 Å². The Balaban J connectivity index is 1.32. The first-order chi connectivity index (χ1) is 15.4. The van der Waals surface area contributed by atoms with Crippen LogP contribution < -0.4 is 15.0 Å². The summed E-state index contributed by atoms with van der Waals surface area (Å²) in [5.41, 5.74) is 2.28. The summed E-state index contributed by atoms with van der Waals surface area (Å²) in [5.74, 6) is 0.0480. The third kappa shape index (κ3) is 5.08. The molecule has 170 valence electrons. The zero-order valence-corrected chi connectivity index (χ0v) is 19.4. The number of aryl methyl sites for hydroxylation is 1. The molecule has 0 spiro atoms. The number of hydrogen-bond acceptors (Lipinski definition) is 4. The van der Waals surface area contributed by atoms with Gasteiger partial charge in [0.15, 0.2) is 11.9 Å². The second-order valence-electron chi connectivity index (χ2n) is 8.64. The highest BCUT2D eigenvalue weighted by Crippen LogP contribution is 2.39. The Bertz CT molecular complexity index is 974. The van der Waals surface area contributed by atoms with Crippen LogP contribution in [-0.4, -0.2) is 55.5 Å². The number of nitrogens with one attached hydrogen (secondary N) is 1. The molecule has 4 rings (SSSR count). The highest BCUT2D eigenvalue weighted by atomic mass is 35.5. The molecule has 7 heteroatoms. The maximum Gasteiger partial charge on any atom is 0.267 e. The highest BCUT2D eigenvalue weighted by molar-refractivity contribution is 6.31. The van der Waals surface area contributed by atoms with Gasteiger partial charge in [-0.3, -0.25) is 9.59 Å². The summed E-state index contributed by atoms with van der Waals surface area (Å²) in [6.07, 6.45) is 3.41. The van der Waals surface area contributed by atoms with E-state index in [4.69, 9.17) is 16.3 Å². The van der Waals surface area contributed by atoms with Gasteiger partial charge in [0.2, 0.25) is 0 Å². The lowest BCUT2D eigenvalue weighted by Crippen LogP contribution is -2.46. The fraction of sp³-hybridized carbons (Fsp3) is 0.440. The summed E-state index contributed by atoms with van der Waals surface area (Å²) < 4.78 is 5.79. The van der Waals surface area contributed by atoms with Crippen molar-refractivity contribution in [1.82, 2.24) is 10.2 Å². The fourth-order valence-electron chi connectivity index (χ4n) is 4.46. The number of likely N-dealkylation sites (N-methyl/N-ethyl adjacent to an activating group) is 1. The van der Waals surface area contributed by atoms with Crippen LogP contribution in [-0.2, 0) is 11.2 Å². The number of halogens is 1. The van der Waals surface area contributed by atoms with Crippen molar-refractivity contribution >= 4 is 29.1 Å². The number of hydrogen-bond donors (Lipinski definition) is 1. The summed E-state index contributed by atoms with van der Waals surface area (Å²) >= 11 is 6.25. The van der Waals surface area contributed by atoms with Crippen molar-refractivity contribution in [2.75, 3.05) is 31.6 Å². The maximum absolute atomic E-state index is 13.1. The van der Waals surface area contributed by atoms with E-state index in [-0.39, 0.29) is 17.9 Å². The number of likely N-dealkylation sites (tertiary alicyclic amines) is 1. The molecule has 1 saturated heterocycles. The second kappa shape index (κ2) is 9.92. The van der Waals surface area contributed by atoms with Gasteiger partial charge in [0.25, 0.3) is 11.8 Å². The zero-order chi connectivity index (χ0) is 22.7. The van der Waals surface area contributed by atoms with E-state index in [0.717, 1.165) is 45.3 Å². The Labute approximate surface area is 194 Å². The van der Waals surface area contributed by atoms with E-state index in [2.05, 4.69) is 34.5 Å². The monoisotopic (exact) mass is 455 g/mol. The van der Waals surface area contributed by atoms with E-state index in [9.17, 15) is 9.59 Å². The first-order valence-corrected chi connectivity index (χ1v) is 11.6.